The van der Waals surface area contributed by atoms with Crippen molar-refractivity contribution in [2.24, 2.45) is 11.3 Å². The number of benzene rings is 1. The summed E-state index contributed by atoms with van der Waals surface area (Å²) in [4.78, 5) is 34.8. The third-order valence-electron chi connectivity index (χ3n) is 12.1. The highest BCUT2D eigenvalue weighted by atomic mass is 16.7. The van der Waals surface area contributed by atoms with E-state index in [9.17, 15) is 9.59 Å². The molecule has 2 amide bonds. The first kappa shape index (κ1) is 29.8. The number of carbonyl (C=O) groups is 2. The predicted molar refractivity (Wildman–Crippen MR) is 167 cm³/mol. The van der Waals surface area contributed by atoms with Gasteiger partial charge >= 0.3 is 7.12 Å². The zero-order valence-electron chi connectivity index (χ0n) is 27.1. The SMILES string of the molecule is CC1(C)CCN(C2CC(N3C(=O)C4(CCN(C(=O)C5CCOCC5)CC4)c4ccc(B5OC(C)(C)C(C)(C)O5)cc43)C2)C1. The summed E-state index contributed by atoms with van der Waals surface area (Å²) in [5, 5.41) is 0. The van der Waals surface area contributed by atoms with Gasteiger partial charge in [-0.25, -0.2) is 0 Å². The van der Waals surface area contributed by atoms with E-state index in [1.54, 1.807) is 0 Å². The molecule has 1 aromatic rings. The predicted octanol–water partition coefficient (Wildman–Crippen LogP) is 3.88. The number of piperidine rings is 1. The molecule has 0 aromatic heterocycles. The Labute approximate surface area is 257 Å². The second kappa shape index (κ2) is 10.3. The molecule has 0 N–H and O–H groups in total. The Hall–Kier alpha value is -1.94. The summed E-state index contributed by atoms with van der Waals surface area (Å²) >= 11 is 0. The number of amides is 2. The van der Waals surface area contributed by atoms with E-state index >= 15 is 0 Å². The van der Waals surface area contributed by atoms with Crippen LogP contribution in [0.1, 0.15) is 92.1 Å². The van der Waals surface area contributed by atoms with Crippen molar-refractivity contribution in [1.29, 1.82) is 0 Å². The fourth-order valence-electron chi connectivity index (χ4n) is 8.42. The molecular weight excluding hydrogens is 541 g/mol. The van der Waals surface area contributed by atoms with Crippen LogP contribution in [0.15, 0.2) is 18.2 Å². The summed E-state index contributed by atoms with van der Waals surface area (Å²) in [5.74, 6) is 0.528. The summed E-state index contributed by atoms with van der Waals surface area (Å²) in [7, 11) is -0.469. The fourth-order valence-corrected chi connectivity index (χ4v) is 8.42. The number of carbonyl (C=O) groups excluding carboxylic acids is 2. The molecule has 8 nitrogen and oxygen atoms in total. The Morgan fingerprint density at radius 3 is 2.14 bits per heavy atom. The number of nitrogens with zero attached hydrogens (tertiary/aromatic N) is 3. The normalized spacial score (nSPS) is 31.5. The summed E-state index contributed by atoms with van der Waals surface area (Å²) in [6, 6.07) is 7.20. The number of fused-ring (bicyclic) bond motifs is 2. The minimum Gasteiger partial charge on any atom is -0.399 e. The molecule has 0 radical (unpaired) electrons. The maximum atomic E-state index is 14.7. The van der Waals surface area contributed by atoms with Gasteiger partial charge in [0.1, 0.15) is 0 Å². The molecule has 5 aliphatic heterocycles. The third-order valence-corrected chi connectivity index (χ3v) is 12.1. The quantitative estimate of drug-likeness (QED) is 0.496. The van der Waals surface area contributed by atoms with Crippen LogP contribution in [-0.4, -0.2) is 91.4 Å². The summed E-state index contributed by atoms with van der Waals surface area (Å²) < 4.78 is 18.3. The lowest BCUT2D eigenvalue weighted by molar-refractivity contribution is -0.142. The Bertz CT molecular complexity index is 1260. The van der Waals surface area contributed by atoms with Gasteiger partial charge < -0.3 is 23.8 Å². The van der Waals surface area contributed by atoms with Gasteiger partial charge in [0.05, 0.1) is 16.6 Å². The van der Waals surface area contributed by atoms with Crippen LogP contribution >= 0.6 is 0 Å². The molecule has 0 unspecified atom stereocenters. The number of likely N-dealkylation sites (tertiary alicyclic amines) is 2. The van der Waals surface area contributed by atoms with Gasteiger partial charge in [-0.05, 0) is 102 Å². The van der Waals surface area contributed by atoms with Crippen molar-refractivity contribution in [3.63, 3.8) is 0 Å². The number of hydrogen-bond acceptors (Lipinski definition) is 6. The number of hydrogen-bond donors (Lipinski definition) is 0. The van der Waals surface area contributed by atoms with Crippen molar-refractivity contribution < 1.29 is 23.6 Å². The standard InChI is InChI=1S/C34H50BN3O5/c1-31(2)11-14-37(22-31)25-20-26(21-25)38-28-19-24(35-42-32(3,4)33(5,6)43-35)7-8-27(28)34(30(38)40)12-15-36(16-13-34)29(39)23-9-17-41-18-10-23/h7-8,19,23,25-26H,9-18,20-22H2,1-6H3. The number of anilines is 1. The zero-order valence-corrected chi connectivity index (χ0v) is 27.1. The van der Waals surface area contributed by atoms with Gasteiger partial charge in [0.15, 0.2) is 0 Å². The molecule has 43 heavy (non-hydrogen) atoms. The lowest BCUT2D eigenvalue weighted by Gasteiger charge is -2.47. The Morgan fingerprint density at radius 1 is 0.884 bits per heavy atom. The molecule has 4 saturated heterocycles. The molecule has 234 valence electrons. The monoisotopic (exact) mass is 591 g/mol. The molecule has 1 aliphatic carbocycles. The molecule has 5 heterocycles. The van der Waals surface area contributed by atoms with Crippen molar-refractivity contribution in [1.82, 2.24) is 9.80 Å². The maximum absolute atomic E-state index is 14.7. The molecule has 5 fully saturated rings. The van der Waals surface area contributed by atoms with Gasteiger partial charge in [-0.1, -0.05) is 26.0 Å². The van der Waals surface area contributed by atoms with E-state index in [4.69, 9.17) is 14.0 Å². The van der Waals surface area contributed by atoms with E-state index in [2.05, 4.69) is 69.5 Å². The first-order valence-corrected chi connectivity index (χ1v) is 16.7. The lowest BCUT2D eigenvalue weighted by atomic mass is 9.71. The summed E-state index contributed by atoms with van der Waals surface area (Å²) in [6.45, 7) is 17.9. The topological polar surface area (TPSA) is 71.6 Å². The van der Waals surface area contributed by atoms with Crippen LogP contribution in [0.25, 0.3) is 0 Å². The van der Waals surface area contributed by atoms with Gasteiger partial charge in [-0.3, -0.25) is 14.5 Å². The second-order valence-corrected chi connectivity index (χ2v) is 16.0. The average Bonchev–Trinajstić information content (AvgIpc) is 3.50. The molecule has 1 aromatic carbocycles. The van der Waals surface area contributed by atoms with Crippen molar-refractivity contribution in [3.8, 4) is 0 Å². The number of ether oxygens (including phenoxy) is 1. The van der Waals surface area contributed by atoms with Crippen LogP contribution in [0, 0.1) is 11.3 Å². The van der Waals surface area contributed by atoms with E-state index in [0.29, 0.717) is 50.6 Å². The van der Waals surface area contributed by atoms with Crippen LogP contribution in [0.5, 0.6) is 0 Å². The van der Waals surface area contributed by atoms with E-state index in [1.807, 2.05) is 4.90 Å². The molecule has 1 saturated carbocycles. The van der Waals surface area contributed by atoms with Gasteiger partial charge in [0.25, 0.3) is 0 Å². The maximum Gasteiger partial charge on any atom is 0.494 e. The van der Waals surface area contributed by atoms with Crippen LogP contribution in [0.2, 0.25) is 0 Å². The molecule has 9 heteroatoms. The summed E-state index contributed by atoms with van der Waals surface area (Å²) in [6.07, 6.45) is 6.23. The van der Waals surface area contributed by atoms with Crippen LogP contribution in [-0.2, 0) is 29.0 Å². The highest BCUT2D eigenvalue weighted by Crippen LogP contribution is 2.51. The van der Waals surface area contributed by atoms with Gasteiger partial charge in [0.2, 0.25) is 11.8 Å². The van der Waals surface area contributed by atoms with E-state index in [0.717, 1.165) is 55.5 Å². The highest BCUT2D eigenvalue weighted by Gasteiger charge is 2.57. The molecule has 1 spiro atoms. The minimum atomic E-state index is -0.572. The second-order valence-electron chi connectivity index (χ2n) is 16.0. The Morgan fingerprint density at radius 2 is 1.53 bits per heavy atom. The third kappa shape index (κ3) is 4.88. The molecule has 0 atom stereocenters. The highest BCUT2D eigenvalue weighted by molar-refractivity contribution is 6.62. The molecular formula is C34H50BN3O5. The van der Waals surface area contributed by atoms with Gasteiger partial charge in [0, 0.05) is 56.5 Å². The Kier molecular flexibility index (Phi) is 7.12. The minimum absolute atomic E-state index is 0.0517. The fraction of sp³-hybridized carbons (Fsp3) is 0.765. The first-order valence-electron chi connectivity index (χ1n) is 16.7. The van der Waals surface area contributed by atoms with Crippen LogP contribution < -0.4 is 10.4 Å². The van der Waals surface area contributed by atoms with Crippen molar-refractivity contribution >= 4 is 30.1 Å². The van der Waals surface area contributed by atoms with Crippen molar-refractivity contribution in [3.05, 3.63) is 23.8 Å². The molecule has 7 rings (SSSR count). The largest absolute Gasteiger partial charge is 0.494 e. The molecule has 0 bridgehead atoms. The van der Waals surface area contributed by atoms with Gasteiger partial charge in [-0.15, -0.1) is 0 Å². The van der Waals surface area contributed by atoms with Crippen LogP contribution in [0.4, 0.5) is 5.69 Å². The van der Waals surface area contributed by atoms with E-state index in [1.165, 1.54) is 6.42 Å². The van der Waals surface area contributed by atoms with Crippen molar-refractivity contribution in [2.75, 3.05) is 44.3 Å². The van der Waals surface area contributed by atoms with Gasteiger partial charge in [-0.2, -0.15) is 0 Å². The lowest BCUT2D eigenvalue weighted by Crippen LogP contribution is -2.58. The number of rotatable bonds is 4. The Balaban J connectivity index is 1.15. The van der Waals surface area contributed by atoms with E-state index < -0.39 is 23.7 Å². The van der Waals surface area contributed by atoms with Crippen molar-refractivity contribution in [2.45, 2.75) is 115 Å². The first-order chi connectivity index (χ1) is 20.3. The average molecular weight is 592 g/mol. The molecule has 6 aliphatic rings. The summed E-state index contributed by atoms with van der Waals surface area (Å²) in [5.41, 5.74) is 2.07. The smallest absolute Gasteiger partial charge is 0.399 e. The zero-order chi connectivity index (χ0) is 30.4. The van der Waals surface area contributed by atoms with E-state index in [-0.39, 0.29) is 23.8 Å². The van der Waals surface area contributed by atoms with Crippen LogP contribution in [0.3, 0.4) is 0 Å².